The molecule has 20 heavy (non-hydrogen) atoms. The highest BCUT2D eigenvalue weighted by Gasteiger charge is 2.32. The standard InChI is InChI=1S/C14H21N5O/c1-3-11-5-7-12(8-6-11)14(2,13(15)20)17-9-4-10-18-19-16/h5-8,17H,3-4,9-10H2,1-2H3,(H2,15,20). The normalized spacial score (nSPS) is 13.3. The molecule has 0 saturated heterocycles. The third-order valence-electron chi connectivity index (χ3n) is 3.41. The van der Waals surface area contributed by atoms with Gasteiger partial charge in [0.15, 0.2) is 0 Å². The molecule has 0 aliphatic heterocycles. The zero-order chi connectivity index (χ0) is 15.0. The maximum absolute atomic E-state index is 11.8. The predicted molar refractivity (Wildman–Crippen MR) is 79.0 cm³/mol. The van der Waals surface area contributed by atoms with Gasteiger partial charge in [-0.1, -0.05) is 36.3 Å². The fraction of sp³-hybridized carbons (Fsp3) is 0.500. The highest BCUT2D eigenvalue weighted by Crippen LogP contribution is 2.21. The number of primary amides is 1. The van der Waals surface area contributed by atoms with Gasteiger partial charge in [-0.05, 0) is 43.0 Å². The molecule has 1 atom stereocenters. The van der Waals surface area contributed by atoms with E-state index in [1.54, 1.807) is 6.92 Å². The number of hydrogen-bond acceptors (Lipinski definition) is 3. The summed E-state index contributed by atoms with van der Waals surface area (Å²) in [5, 5.41) is 6.61. The second-order valence-electron chi connectivity index (χ2n) is 4.77. The van der Waals surface area contributed by atoms with E-state index >= 15 is 0 Å². The van der Waals surface area contributed by atoms with E-state index in [4.69, 9.17) is 11.3 Å². The highest BCUT2D eigenvalue weighted by molar-refractivity contribution is 5.85. The van der Waals surface area contributed by atoms with Crippen LogP contribution in [0.1, 0.15) is 31.4 Å². The Kier molecular flexibility index (Phi) is 6.03. The summed E-state index contributed by atoms with van der Waals surface area (Å²) in [5.74, 6) is -0.425. The van der Waals surface area contributed by atoms with Gasteiger partial charge in [0.25, 0.3) is 0 Å². The van der Waals surface area contributed by atoms with E-state index in [9.17, 15) is 4.79 Å². The molecule has 6 heteroatoms. The SMILES string of the molecule is CCc1ccc(C(C)(NCCCN=[N+]=[N-])C(N)=O)cc1. The van der Waals surface area contributed by atoms with E-state index < -0.39 is 11.4 Å². The molecule has 0 bridgehead atoms. The number of benzene rings is 1. The van der Waals surface area contributed by atoms with Crippen LogP contribution in [0, 0.1) is 0 Å². The van der Waals surface area contributed by atoms with Gasteiger partial charge in [0.05, 0.1) is 0 Å². The first-order valence-electron chi connectivity index (χ1n) is 6.69. The van der Waals surface area contributed by atoms with Gasteiger partial charge in [0.1, 0.15) is 5.54 Å². The van der Waals surface area contributed by atoms with Crippen LogP contribution in [0.3, 0.4) is 0 Å². The second-order valence-corrected chi connectivity index (χ2v) is 4.77. The minimum atomic E-state index is -0.914. The molecule has 0 aliphatic rings. The summed E-state index contributed by atoms with van der Waals surface area (Å²) in [6.45, 7) is 4.79. The van der Waals surface area contributed by atoms with Crippen molar-refractivity contribution in [3.63, 3.8) is 0 Å². The summed E-state index contributed by atoms with van der Waals surface area (Å²) >= 11 is 0. The minimum Gasteiger partial charge on any atom is -0.368 e. The van der Waals surface area contributed by atoms with Crippen LogP contribution in [0.5, 0.6) is 0 Å². The number of azide groups is 1. The lowest BCUT2D eigenvalue weighted by atomic mass is 9.90. The molecule has 108 valence electrons. The van der Waals surface area contributed by atoms with Gasteiger partial charge in [-0.15, -0.1) is 0 Å². The molecular weight excluding hydrogens is 254 g/mol. The molecule has 1 unspecified atom stereocenters. The fourth-order valence-corrected chi connectivity index (χ4v) is 1.94. The fourth-order valence-electron chi connectivity index (χ4n) is 1.94. The molecule has 0 fully saturated rings. The number of rotatable bonds is 8. The number of carbonyl (C=O) groups is 1. The number of amides is 1. The van der Waals surface area contributed by atoms with Crippen LogP contribution >= 0.6 is 0 Å². The Morgan fingerprint density at radius 2 is 2.10 bits per heavy atom. The molecule has 1 aromatic carbocycles. The van der Waals surface area contributed by atoms with Gasteiger partial charge in [0.2, 0.25) is 5.91 Å². The maximum Gasteiger partial charge on any atom is 0.242 e. The van der Waals surface area contributed by atoms with Gasteiger partial charge >= 0.3 is 0 Å². The maximum atomic E-state index is 11.8. The molecule has 0 heterocycles. The molecule has 0 aromatic heterocycles. The van der Waals surface area contributed by atoms with Crippen molar-refractivity contribution < 1.29 is 4.79 Å². The lowest BCUT2D eigenvalue weighted by Gasteiger charge is -2.28. The largest absolute Gasteiger partial charge is 0.368 e. The predicted octanol–water partition coefficient (Wildman–Crippen LogP) is 2.24. The third-order valence-corrected chi connectivity index (χ3v) is 3.41. The van der Waals surface area contributed by atoms with Gasteiger partial charge < -0.3 is 5.73 Å². The average Bonchev–Trinajstić information content (AvgIpc) is 2.46. The van der Waals surface area contributed by atoms with Crippen molar-refractivity contribution in [2.24, 2.45) is 10.8 Å². The molecule has 6 nitrogen and oxygen atoms in total. The van der Waals surface area contributed by atoms with Gasteiger partial charge in [0, 0.05) is 11.5 Å². The molecule has 1 amide bonds. The van der Waals surface area contributed by atoms with E-state index in [1.807, 2.05) is 24.3 Å². The first kappa shape index (κ1) is 16.0. The van der Waals surface area contributed by atoms with Crippen LogP contribution in [0.25, 0.3) is 10.4 Å². The Morgan fingerprint density at radius 3 is 2.60 bits per heavy atom. The van der Waals surface area contributed by atoms with Crippen molar-refractivity contribution in [2.45, 2.75) is 32.2 Å². The number of nitrogens with two attached hydrogens (primary N) is 1. The molecular formula is C14H21N5O. The number of nitrogens with zero attached hydrogens (tertiary/aromatic N) is 3. The Hall–Kier alpha value is -2.04. The Balaban J connectivity index is 2.79. The first-order chi connectivity index (χ1) is 9.54. The smallest absolute Gasteiger partial charge is 0.242 e. The van der Waals surface area contributed by atoms with Crippen molar-refractivity contribution in [1.29, 1.82) is 0 Å². The average molecular weight is 275 g/mol. The van der Waals surface area contributed by atoms with Crippen LogP contribution in [-0.2, 0) is 16.8 Å². The highest BCUT2D eigenvalue weighted by atomic mass is 16.1. The topological polar surface area (TPSA) is 104 Å². The Bertz CT molecular complexity index is 493. The van der Waals surface area contributed by atoms with E-state index in [1.165, 1.54) is 5.56 Å². The van der Waals surface area contributed by atoms with Crippen LogP contribution in [0.4, 0.5) is 0 Å². The monoisotopic (exact) mass is 275 g/mol. The zero-order valence-corrected chi connectivity index (χ0v) is 12.0. The van der Waals surface area contributed by atoms with Crippen LogP contribution < -0.4 is 11.1 Å². The first-order valence-corrected chi connectivity index (χ1v) is 6.69. The Labute approximate surface area is 119 Å². The van der Waals surface area contributed by atoms with Gasteiger partial charge in [-0.25, -0.2) is 0 Å². The quantitative estimate of drug-likeness (QED) is 0.329. The molecule has 0 radical (unpaired) electrons. The van der Waals surface area contributed by atoms with E-state index in [2.05, 4.69) is 22.3 Å². The molecule has 3 N–H and O–H groups in total. The molecule has 0 spiro atoms. The Morgan fingerprint density at radius 1 is 1.45 bits per heavy atom. The van der Waals surface area contributed by atoms with Crippen molar-refractivity contribution in [2.75, 3.05) is 13.1 Å². The number of nitrogens with one attached hydrogen (secondary N) is 1. The van der Waals surface area contributed by atoms with Gasteiger partial charge in [-0.2, -0.15) is 0 Å². The number of aryl methyl sites for hydroxylation is 1. The minimum absolute atomic E-state index is 0.396. The second kappa shape index (κ2) is 7.53. The van der Waals surface area contributed by atoms with Crippen LogP contribution in [0.2, 0.25) is 0 Å². The summed E-state index contributed by atoms with van der Waals surface area (Å²) in [4.78, 5) is 14.5. The van der Waals surface area contributed by atoms with E-state index in [0.29, 0.717) is 19.5 Å². The van der Waals surface area contributed by atoms with Crippen molar-refractivity contribution in [1.82, 2.24) is 5.32 Å². The van der Waals surface area contributed by atoms with Crippen LogP contribution in [0.15, 0.2) is 29.4 Å². The lowest BCUT2D eigenvalue weighted by molar-refractivity contribution is -0.124. The molecule has 1 aromatic rings. The number of hydrogen-bond donors (Lipinski definition) is 2. The number of carbonyl (C=O) groups excluding carboxylic acids is 1. The summed E-state index contributed by atoms with van der Waals surface area (Å²) in [6.07, 6.45) is 1.60. The van der Waals surface area contributed by atoms with Crippen molar-refractivity contribution >= 4 is 5.91 Å². The van der Waals surface area contributed by atoms with Crippen molar-refractivity contribution in [3.05, 3.63) is 45.8 Å². The zero-order valence-electron chi connectivity index (χ0n) is 12.0. The van der Waals surface area contributed by atoms with Crippen LogP contribution in [-0.4, -0.2) is 19.0 Å². The molecule has 1 rings (SSSR count). The van der Waals surface area contributed by atoms with Gasteiger partial charge in [-0.3, -0.25) is 10.1 Å². The van der Waals surface area contributed by atoms with Crippen molar-refractivity contribution in [3.8, 4) is 0 Å². The van der Waals surface area contributed by atoms with E-state index in [-0.39, 0.29) is 0 Å². The summed E-state index contributed by atoms with van der Waals surface area (Å²) in [5.41, 5.74) is 14.9. The molecule has 0 saturated carbocycles. The van der Waals surface area contributed by atoms with E-state index in [0.717, 1.165) is 12.0 Å². The molecule has 0 aliphatic carbocycles. The summed E-state index contributed by atoms with van der Waals surface area (Å²) < 4.78 is 0. The third kappa shape index (κ3) is 3.98. The summed E-state index contributed by atoms with van der Waals surface area (Å²) in [6, 6.07) is 7.84. The lowest BCUT2D eigenvalue weighted by Crippen LogP contribution is -2.50. The summed E-state index contributed by atoms with van der Waals surface area (Å²) in [7, 11) is 0.